The summed E-state index contributed by atoms with van der Waals surface area (Å²) in [5, 5.41) is 1.17. The summed E-state index contributed by atoms with van der Waals surface area (Å²) < 4.78 is 0. The molecule has 0 unspecified atom stereocenters. The summed E-state index contributed by atoms with van der Waals surface area (Å²) in [5.74, 6) is 0.222. The molecule has 1 saturated heterocycles. The average molecular weight is 345 g/mol. The Morgan fingerprint density at radius 2 is 1.58 bits per heavy atom. The first-order chi connectivity index (χ1) is 12.8. The molecule has 0 radical (unpaired) electrons. The topological polar surface area (TPSA) is 36.4 Å². The quantitative estimate of drug-likeness (QED) is 0.729. The molecule has 2 aromatic carbocycles. The maximum absolute atomic E-state index is 12.5. The van der Waals surface area contributed by atoms with Crippen molar-refractivity contribution in [3.05, 3.63) is 78.0 Å². The molecule has 132 valence electrons. The molecular weight excluding hydrogens is 322 g/mol. The smallest absolute Gasteiger partial charge is 0.227 e. The first-order valence-corrected chi connectivity index (χ1v) is 9.17. The maximum atomic E-state index is 12.5. The largest absolute Gasteiger partial charge is 0.340 e. The number of piperazine rings is 1. The van der Waals surface area contributed by atoms with Crippen molar-refractivity contribution < 1.29 is 4.79 Å². The lowest BCUT2D eigenvalue weighted by atomic mass is 10.1. The van der Waals surface area contributed by atoms with E-state index in [0.29, 0.717) is 6.42 Å². The van der Waals surface area contributed by atoms with Gasteiger partial charge in [0.2, 0.25) is 5.91 Å². The van der Waals surface area contributed by atoms with Gasteiger partial charge in [0.15, 0.2) is 0 Å². The van der Waals surface area contributed by atoms with Crippen molar-refractivity contribution in [1.82, 2.24) is 14.8 Å². The fraction of sp³-hybridized carbons (Fsp3) is 0.273. The summed E-state index contributed by atoms with van der Waals surface area (Å²) in [6.07, 6.45) is 0.493. The van der Waals surface area contributed by atoms with Crippen LogP contribution in [-0.4, -0.2) is 46.9 Å². The van der Waals surface area contributed by atoms with Gasteiger partial charge in [-0.05, 0) is 17.7 Å². The number of amides is 1. The van der Waals surface area contributed by atoms with E-state index in [2.05, 4.69) is 29.2 Å². The number of fused-ring (bicyclic) bond motifs is 1. The zero-order chi connectivity index (χ0) is 17.8. The van der Waals surface area contributed by atoms with Crippen LogP contribution in [0.25, 0.3) is 10.9 Å². The number of pyridine rings is 1. The maximum Gasteiger partial charge on any atom is 0.227 e. The van der Waals surface area contributed by atoms with Crippen molar-refractivity contribution in [3.8, 4) is 0 Å². The Balaban J connectivity index is 1.32. The second-order valence-electron chi connectivity index (χ2n) is 6.81. The van der Waals surface area contributed by atoms with E-state index in [4.69, 9.17) is 4.98 Å². The van der Waals surface area contributed by atoms with E-state index < -0.39 is 0 Å². The van der Waals surface area contributed by atoms with Crippen LogP contribution in [0.3, 0.4) is 0 Å². The molecule has 4 nitrogen and oxygen atoms in total. The van der Waals surface area contributed by atoms with Crippen LogP contribution in [0, 0.1) is 0 Å². The second kappa shape index (κ2) is 7.67. The lowest BCUT2D eigenvalue weighted by molar-refractivity contribution is -0.132. The van der Waals surface area contributed by atoms with Gasteiger partial charge in [-0.3, -0.25) is 14.7 Å². The fourth-order valence-corrected chi connectivity index (χ4v) is 3.46. The molecule has 0 N–H and O–H groups in total. The van der Waals surface area contributed by atoms with E-state index in [1.165, 1.54) is 5.39 Å². The standard InChI is InChI=1S/C22H23N3O/c26-22(16-18-6-2-1-3-7-18)25-14-12-24(13-15-25)17-20-11-10-19-8-4-5-9-21(19)23-20/h1-11H,12-17H2. The number of benzene rings is 2. The molecule has 4 heteroatoms. The number of nitrogens with zero attached hydrogens (tertiary/aromatic N) is 3. The van der Waals surface area contributed by atoms with E-state index in [9.17, 15) is 4.79 Å². The van der Waals surface area contributed by atoms with E-state index in [1.807, 2.05) is 47.4 Å². The Hall–Kier alpha value is -2.72. The highest BCUT2D eigenvalue weighted by atomic mass is 16.2. The Morgan fingerprint density at radius 3 is 2.38 bits per heavy atom. The van der Waals surface area contributed by atoms with Crippen molar-refractivity contribution in [1.29, 1.82) is 0 Å². The number of carbonyl (C=O) groups excluding carboxylic acids is 1. The third-order valence-electron chi connectivity index (χ3n) is 4.96. The minimum absolute atomic E-state index is 0.222. The van der Waals surface area contributed by atoms with Gasteiger partial charge in [0.05, 0.1) is 17.6 Å². The summed E-state index contributed by atoms with van der Waals surface area (Å²) in [5.41, 5.74) is 3.22. The van der Waals surface area contributed by atoms with Gasteiger partial charge in [0.1, 0.15) is 0 Å². The van der Waals surface area contributed by atoms with E-state index in [0.717, 1.165) is 49.5 Å². The molecule has 0 saturated carbocycles. The van der Waals surface area contributed by atoms with Gasteiger partial charge in [-0.1, -0.05) is 54.6 Å². The lowest BCUT2D eigenvalue weighted by Gasteiger charge is -2.34. The van der Waals surface area contributed by atoms with E-state index >= 15 is 0 Å². The average Bonchev–Trinajstić information content (AvgIpc) is 2.69. The second-order valence-corrected chi connectivity index (χ2v) is 6.81. The minimum Gasteiger partial charge on any atom is -0.340 e. The van der Waals surface area contributed by atoms with Crippen molar-refractivity contribution >= 4 is 16.8 Å². The Bertz CT molecular complexity index is 886. The Morgan fingerprint density at radius 1 is 0.846 bits per heavy atom. The molecule has 3 aromatic rings. The third kappa shape index (κ3) is 3.92. The zero-order valence-corrected chi connectivity index (χ0v) is 14.8. The normalized spacial score (nSPS) is 15.3. The summed E-state index contributed by atoms with van der Waals surface area (Å²) in [6, 6.07) is 22.4. The molecule has 2 heterocycles. The molecule has 1 aromatic heterocycles. The van der Waals surface area contributed by atoms with Crippen LogP contribution in [0.15, 0.2) is 66.7 Å². The van der Waals surface area contributed by atoms with E-state index in [1.54, 1.807) is 0 Å². The molecule has 1 fully saturated rings. The molecule has 0 bridgehead atoms. The lowest BCUT2D eigenvalue weighted by Crippen LogP contribution is -2.48. The number of rotatable bonds is 4. The number of para-hydroxylation sites is 1. The Labute approximate surface area is 154 Å². The van der Waals surface area contributed by atoms with Crippen LogP contribution in [0.2, 0.25) is 0 Å². The van der Waals surface area contributed by atoms with Gasteiger partial charge in [-0.15, -0.1) is 0 Å². The predicted octanol–water partition coefficient (Wildman–Crippen LogP) is 3.12. The molecule has 0 spiro atoms. The highest BCUT2D eigenvalue weighted by molar-refractivity contribution is 5.79. The molecule has 1 aliphatic rings. The van der Waals surface area contributed by atoms with Crippen LogP contribution in [0.1, 0.15) is 11.3 Å². The van der Waals surface area contributed by atoms with Crippen LogP contribution in [0.5, 0.6) is 0 Å². The highest BCUT2D eigenvalue weighted by Crippen LogP contribution is 2.14. The first kappa shape index (κ1) is 16.7. The van der Waals surface area contributed by atoms with Gasteiger partial charge in [-0.25, -0.2) is 0 Å². The van der Waals surface area contributed by atoms with Crippen LogP contribution in [-0.2, 0) is 17.8 Å². The summed E-state index contributed by atoms with van der Waals surface area (Å²) in [6.45, 7) is 4.22. The van der Waals surface area contributed by atoms with Gasteiger partial charge in [0.25, 0.3) is 0 Å². The van der Waals surface area contributed by atoms with E-state index in [-0.39, 0.29) is 5.91 Å². The molecule has 0 aliphatic carbocycles. The first-order valence-electron chi connectivity index (χ1n) is 9.17. The number of hydrogen-bond donors (Lipinski definition) is 0. The van der Waals surface area contributed by atoms with Gasteiger partial charge in [-0.2, -0.15) is 0 Å². The summed E-state index contributed by atoms with van der Waals surface area (Å²) >= 11 is 0. The van der Waals surface area contributed by atoms with Crippen molar-refractivity contribution in [2.24, 2.45) is 0 Å². The molecule has 1 aliphatic heterocycles. The van der Waals surface area contributed by atoms with Crippen molar-refractivity contribution in [2.45, 2.75) is 13.0 Å². The van der Waals surface area contributed by atoms with Gasteiger partial charge >= 0.3 is 0 Å². The molecule has 4 rings (SSSR count). The Kier molecular flexibility index (Phi) is 4.93. The van der Waals surface area contributed by atoms with Gasteiger partial charge < -0.3 is 4.90 Å². The molecular formula is C22H23N3O. The molecule has 26 heavy (non-hydrogen) atoms. The van der Waals surface area contributed by atoms with Crippen molar-refractivity contribution in [2.75, 3.05) is 26.2 Å². The monoisotopic (exact) mass is 345 g/mol. The van der Waals surface area contributed by atoms with Crippen molar-refractivity contribution in [3.63, 3.8) is 0 Å². The van der Waals surface area contributed by atoms with Crippen LogP contribution in [0.4, 0.5) is 0 Å². The predicted molar refractivity (Wildman–Crippen MR) is 104 cm³/mol. The molecule has 1 amide bonds. The van der Waals surface area contributed by atoms with Crippen LogP contribution >= 0.6 is 0 Å². The third-order valence-corrected chi connectivity index (χ3v) is 4.96. The number of aromatic nitrogens is 1. The summed E-state index contributed by atoms with van der Waals surface area (Å²) in [7, 11) is 0. The van der Waals surface area contributed by atoms with Gasteiger partial charge in [0, 0.05) is 38.1 Å². The fourth-order valence-electron chi connectivity index (χ4n) is 3.46. The number of hydrogen-bond acceptors (Lipinski definition) is 3. The van der Waals surface area contributed by atoms with Crippen LogP contribution < -0.4 is 0 Å². The minimum atomic E-state index is 0.222. The highest BCUT2D eigenvalue weighted by Gasteiger charge is 2.21. The zero-order valence-electron chi connectivity index (χ0n) is 14.8. The summed E-state index contributed by atoms with van der Waals surface area (Å²) in [4.78, 5) is 21.6. The molecule has 0 atom stereocenters. The number of carbonyl (C=O) groups is 1. The SMILES string of the molecule is O=C(Cc1ccccc1)N1CCN(Cc2ccc3ccccc3n2)CC1.